The zero-order valence-corrected chi connectivity index (χ0v) is 14.4. The van der Waals surface area contributed by atoms with Gasteiger partial charge in [0.2, 0.25) is 0 Å². The Kier molecular flexibility index (Phi) is 5.00. The first-order chi connectivity index (χ1) is 11.5. The molecule has 2 unspecified atom stereocenters. The predicted octanol–water partition coefficient (Wildman–Crippen LogP) is 3.99. The van der Waals surface area contributed by atoms with Crippen molar-refractivity contribution in [3.05, 3.63) is 70.8 Å². The van der Waals surface area contributed by atoms with E-state index in [-0.39, 0.29) is 11.8 Å². The molecular formula is C21H25NO2. The average Bonchev–Trinajstić information content (AvgIpc) is 2.59. The number of carboxylic acids is 1. The summed E-state index contributed by atoms with van der Waals surface area (Å²) in [5.41, 5.74) is 5.09. The molecule has 3 rings (SSSR count). The smallest absolute Gasteiger partial charge is 0.307 e. The molecule has 2 aromatic rings. The number of benzene rings is 2. The van der Waals surface area contributed by atoms with Crippen molar-refractivity contribution in [1.82, 2.24) is 4.90 Å². The highest BCUT2D eigenvalue weighted by molar-refractivity contribution is 5.70. The zero-order chi connectivity index (χ0) is 17.1. The fourth-order valence-electron chi connectivity index (χ4n) is 3.63. The van der Waals surface area contributed by atoms with Gasteiger partial charge < -0.3 is 5.11 Å². The summed E-state index contributed by atoms with van der Waals surface area (Å²) in [5.74, 6) is -0.691. The van der Waals surface area contributed by atoms with Crippen LogP contribution in [0.2, 0.25) is 0 Å². The summed E-state index contributed by atoms with van der Waals surface area (Å²) in [5, 5.41) is 9.54. The van der Waals surface area contributed by atoms with Gasteiger partial charge in [-0.1, -0.05) is 48.5 Å². The Bertz CT molecular complexity index is 711. The number of aryl methyl sites for hydroxylation is 2. The Morgan fingerprint density at radius 1 is 1.08 bits per heavy atom. The SMILES string of the molecule is Cc1ccc(CN2CC(C(=O)O)CC(c3ccccc3)C2)cc1C. The number of carbonyl (C=O) groups is 1. The normalized spacial score (nSPS) is 21.6. The van der Waals surface area contributed by atoms with Crippen LogP contribution in [0.3, 0.4) is 0 Å². The molecule has 0 bridgehead atoms. The van der Waals surface area contributed by atoms with Gasteiger partial charge in [0.1, 0.15) is 0 Å². The molecule has 24 heavy (non-hydrogen) atoms. The summed E-state index contributed by atoms with van der Waals surface area (Å²) in [4.78, 5) is 13.9. The standard InChI is InChI=1S/C21H25NO2/c1-15-8-9-17(10-16(15)2)12-22-13-19(11-20(14-22)21(23)24)18-6-4-3-5-7-18/h3-10,19-20H,11-14H2,1-2H3,(H,23,24). The minimum atomic E-state index is -0.680. The van der Waals surface area contributed by atoms with E-state index in [1.54, 1.807) is 0 Å². The largest absolute Gasteiger partial charge is 0.481 e. The number of carboxylic acid groups (broad SMARTS) is 1. The van der Waals surface area contributed by atoms with Crippen LogP contribution in [0.15, 0.2) is 48.5 Å². The lowest BCUT2D eigenvalue weighted by molar-refractivity contribution is -0.144. The molecule has 126 valence electrons. The molecule has 0 saturated carbocycles. The second-order valence-corrected chi connectivity index (χ2v) is 6.99. The number of rotatable bonds is 4. The molecule has 0 aliphatic carbocycles. The summed E-state index contributed by atoms with van der Waals surface area (Å²) in [7, 11) is 0. The third-order valence-corrected chi connectivity index (χ3v) is 5.12. The van der Waals surface area contributed by atoms with Crippen LogP contribution in [0.25, 0.3) is 0 Å². The van der Waals surface area contributed by atoms with E-state index < -0.39 is 5.97 Å². The van der Waals surface area contributed by atoms with Crippen molar-refractivity contribution in [2.75, 3.05) is 13.1 Å². The number of likely N-dealkylation sites (tertiary alicyclic amines) is 1. The van der Waals surface area contributed by atoms with Crippen molar-refractivity contribution in [3.8, 4) is 0 Å². The van der Waals surface area contributed by atoms with E-state index in [4.69, 9.17) is 0 Å². The molecule has 0 spiro atoms. The predicted molar refractivity (Wildman–Crippen MR) is 96.1 cm³/mol. The van der Waals surface area contributed by atoms with Crippen molar-refractivity contribution in [1.29, 1.82) is 0 Å². The van der Waals surface area contributed by atoms with Crippen molar-refractivity contribution in [2.45, 2.75) is 32.7 Å². The van der Waals surface area contributed by atoms with E-state index in [1.165, 1.54) is 22.3 Å². The second-order valence-electron chi connectivity index (χ2n) is 6.99. The molecule has 1 aliphatic rings. The fourth-order valence-corrected chi connectivity index (χ4v) is 3.63. The quantitative estimate of drug-likeness (QED) is 0.925. The summed E-state index contributed by atoms with van der Waals surface area (Å²) in [6, 6.07) is 16.8. The van der Waals surface area contributed by atoms with Gasteiger partial charge in [0.15, 0.2) is 0 Å². The number of hydrogen-bond acceptors (Lipinski definition) is 2. The maximum absolute atomic E-state index is 11.6. The molecule has 0 amide bonds. The van der Waals surface area contributed by atoms with Gasteiger partial charge in [0.25, 0.3) is 0 Å². The van der Waals surface area contributed by atoms with Crippen molar-refractivity contribution in [2.24, 2.45) is 5.92 Å². The van der Waals surface area contributed by atoms with Gasteiger partial charge in [-0.3, -0.25) is 9.69 Å². The summed E-state index contributed by atoms with van der Waals surface area (Å²) in [6.45, 7) is 6.61. The maximum atomic E-state index is 11.6. The minimum Gasteiger partial charge on any atom is -0.481 e. The first-order valence-electron chi connectivity index (χ1n) is 8.59. The highest BCUT2D eigenvalue weighted by atomic mass is 16.4. The molecule has 1 N–H and O–H groups in total. The van der Waals surface area contributed by atoms with Gasteiger partial charge in [0.05, 0.1) is 5.92 Å². The highest BCUT2D eigenvalue weighted by Gasteiger charge is 2.32. The zero-order valence-electron chi connectivity index (χ0n) is 14.4. The highest BCUT2D eigenvalue weighted by Crippen LogP contribution is 2.31. The molecule has 2 aromatic carbocycles. The van der Waals surface area contributed by atoms with E-state index in [1.807, 2.05) is 18.2 Å². The van der Waals surface area contributed by atoms with Gasteiger partial charge in [0, 0.05) is 19.6 Å². The minimum absolute atomic E-state index is 0.285. The average molecular weight is 323 g/mol. The lowest BCUT2D eigenvalue weighted by atomic mass is 9.84. The molecule has 1 aliphatic heterocycles. The van der Waals surface area contributed by atoms with Crippen LogP contribution in [-0.2, 0) is 11.3 Å². The summed E-state index contributed by atoms with van der Waals surface area (Å²) in [6.07, 6.45) is 0.725. The molecule has 1 heterocycles. The van der Waals surface area contributed by atoms with Crippen LogP contribution >= 0.6 is 0 Å². The Labute approximate surface area is 143 Å². The van der Waals surface area contributed by atoms with E-state index in [2.05, 4.69) is 49.1 Å². The maximum Gasteiger partial charge on any atom is 0.307 e. The molecule has 2 atom stereocenters. The van der Waals surface area contributed by atoms with Crippen LogP contribution in [0.5, 0.6) is 0 Å². The fraction of sp³-hybridized carbons (Fsp3) is 0.381. The Morgan fingerprint density at radius 3 is 2.50 bits per heavy atom. The Balaban J connectivity index is 1.78. The van der Waals surface area contributed by atoms with E-state index in [9.17, 15) is 9.90 Å². The third-order valence-electron chi connectivity index (χ3n) is 5.12. The number of piperidine rings is 1. The van der Waals surface area contributed by atoms with Gasteiger partial charge in [-0.05, 0) is 48.4 Å². The van der Waals surface area contributed by atoms with Gasteiger partial charge in [-0.25, -0.2) is 0 Å². The second kappa shape index (κ2) is 7.18. The number of nitrogens with zero attached hydrogens (tertiary/aromatic N) is 1. The summed E-state index contributed by atoms with van der Waals surface area (Å²) >= 11 is 0. The van der Waals surface area contributed by atoms with Crippen LogP contribution in [-0.4, -0.2) is 29.1 Å². The Morgan fingerprint density at radius 2 is 1.83 bits per heavy atom. The third kappa shape index (κ3) is 3.85. The van der Waals surface area contributed by atoms with Crippen LogP contribution in [0, 0.1) is 19.8 Å². The molecule has 0 aromatic heterocycles. The van der Waals surface area contributed by atoms with Crippen LogP contribution in [0.1, 0.15) is 34.6 Å². The van der Waals surface area contributed by atoms with Crippen molar-refractivity contribution >= 4 is 5.97 Å². The first-order valence-corrected chi connectivity index (χ1v) is 8.59. The van der Waals surface area contributed by atoms with Gasteiger partial charge in [-0.15, -0.1) is 0 Å². The molecular weight excluding hydrogens is 298 g/mol. The van der Waals surface area contributed by atoms with Crippen LogP contribution in [0.4, 0.5) is 0 Å². The van der Waals surface area contributed by atoms with Crippen molar-refractivity contribution < 1.29 is 9.90 Å². The number of aliphatic carboxylic acids is 1. The Hall–Kier alpha value is -2.13. The van der Waals surface area contributed by atoms with Gasteiger partial charge >= 0.3 is 5.97 Å². The molecule has 1 fully saturated rings. The molecule has 1 saturated heterocycles. The topological polar surface area (TPSA) is 40.5 Å². The van der Waals surface area contributed by atoms with E-state index in [0.29, 0.717) is 6.54 Å². The van der Waals surface area contributed by atoms with Gasteiger partial charge in [-0.2, -0.15) is 0 Å². The van der Waals surface area contributed by atoms with Crippen LogP contribution < -0.4 is 0 Å². The molecule has 3 nitrogen and oxygen atoms in total. The lowest BCUT2D eigenvalue weighted by Gasteiger charge is -2.36. The van der Waals surface area contributed by atoms with E-state index >= 15 is 0 Å². The molecule has 3 heteroatoms. The summed E-state index contributed by atoms with van der Waals surface area (Å²) < 4.78 is 0. The molecule has 0 radical (unpaired) electrons. The monoisotopic (exact) mass is 323 g/mol. The lowest BCUT2D eigenvalue weighted by Crippen LogP contribution is -2.41. The number of hydrogen-bond donors (Lipinski definition) is 1. The first kappa shape index (κ1) is 16.7. The van der Waals surface area contributed by atoms with E-state index in [0.717, 1.165) is 19.5 Å². The van der Waals surface area contributed by atoms with Crippen molar-refractivity contribution in [3.63, 3.8) is 0 Å².